The zero-order valence-electron chi connectivity index (χ0n) is 12.0. The van der Waals surface area contributed by atoms with Crippen LogP contribution in [0.3, 0.4) is 0 Å². The lowest BCUT2D eigenvalue weighted by Gasteiger charge is -2.17. The molecule has 1 heterocycles. The first-order valence-electron chi connectivity index (χ1n) is 6.40. The summed E-state index contributed by atoms with van der Waals surface area (Å²) >= 11 is 4.73. The van der Waals surface area contributed by atoms with Gasteiger partial charge < -0.3 is 5.32 Å². The SMILES string of the molecule is CNC(C)c1ccccc1NS(=O)(=O)c1cc(Br)sc1C. The highest BCUT2D eigenvalue weighted by Gasteiger charge is 2.21. The highest BCUT2D eigenvalue weighted by molar-refractivity contribution is 9.11. The van der Waals surface area contributed by atoms with Crippen molar-refractivity contribution in [3.8, 4) is 0 Å². The number of anilines is 1. The van der Waals surface area contributed by atoms with Crippen molar-refractivity contribution in [3.63, 3.8) is 0 Å². The average Bonchev–Trinajstić information content (AvgIpc) is 2.78. The third-order valence-corrected chi connectivity index (χ3v) is 6.41. The number of halogens is 1. The zero-order chi connectivity index (χ0) is 15.6. The van der Waals surface area contributed by atoms with Gasteiger partial charge in [0, 0.05) is 10.9 Å². The summed E-state index contributed by atoms with van der Waals surface area (Å²) in [7, 11) is -1.74. The van der Waals surface area contributed by atoms with Crippen molar-refractivity contribution in [1.29, 1.82) is 0 Å². The normalized spacial score (nSPS) is 13.1. The molecule has 0 radical (unpaired) electrons. The Morgan fingerprint density at radius 1 is 1.29 bits per heavy atom. The van der Waals surface area contributed by atoms with E-state index in [0.29, 0.717) is 10.6 Å². The van der Waals surface area contributed by atoms with E-state index in [4.69, 9.17) is 0 Å². The molecule has 7 heteroatoms. The smallest absolute Gasteiger partial charge is 0.263 e. The Morgan fingerprint density at radius 2 is 1.95 bits per heavy atom. The maximum absolute atomic E-state index is 12.6. The molecule has 0 aliphatic heterocycles. The predicted molar refractivity (Wildman–Crippen MR) is 91.5 cm³/mol. The molecule has 0 saturated heterocycles. The Bertz CT molecular complexity index is 741. The molecule has 2 rings (SSSR count). The van der Waals surface area contributed by atoms with E-state index in [1.807, 2.05) is 32.2 Å². The Morgan fingerprint density at radius 3 is 2.52 bits per heavy atom. The Hall–Kier alpha value is -0.890. The molecule has 1 aromatic heterocycles. The number of benzene rings is 1. The summed E-state index contributed by atoms with van der Waals surface area (Å²) in [5.41, 5.74) is 1.51. The van der Waals surface area contributed by atoms with Crippen molar-refractivity contribution in [1.82, 2.24) is 5.32 Å². The van der Waals surface area contributed by atoms with Crippen LogP contribution in [0.5, 0.6) is 0 Å². The minimum atomic E-state index is -3.58. The van der Waals surface area contributed by atoms with Crippen LogP contribution in [0.2, 0.25) is 0 Å². The third kappa shape index (κ3) is 3.66. The molecule has 2 aromatic rings. The minimum Gasteiger partial charge on any atom is -0.313 e. The van der Waals surface area contributed by atoms with Crippen LogP contribution >= 0.6 is 27.3 Å². The molecule has 1 aromatic carbocycles. The highest BCUT2D eigenvalue weighted by atomic mass is 79.9. The van der Waals surface area contributed by atoms with Crippen molar-refractivity contribution < 1.29 is 8.42 Å². The molecule has 0 bridgehead atoms. The number of rotatable bonds is 5. The zero-order valence-corrected chi connectivity index (χ0v) is 15.2. The van der Waals surface area contributed by atoms with Crippen LogP contribution in [0.4, 0.5) is 5.69 Å². The maximum atomic E-state index is 12.6. The van der Waals surface area contributed by atoms with E-state index < -0.39 is 10.0 Å². The number of para-hydroxylation sites is 1. The molecule has 4 nitrogen and oxygen atoms in total. The van der Waals surface area contributed by atoms with Gasteiger partial charge in [-0.25, -0.2) is 8.42 Å². The fourth-order valence-electron chi connectivity index (χ4n) is 2.02. The highest BCUT2D eigenvalue weighted by Crippen LogP contribution is 2.32. The van der Waals surface area contributed by atoms with Gasteiger partial charge in [0.15, 0.2) is 0 Å². The van der Waals surface area contributed by atoms with E-state index in [1.165, 1.54) is 11.3 Å². The molecule has 1 atom stereocenters. The van der Waals surface area contributed by atoms with Crippen molar-refractivity contribution in [3.05, 3.63) is 44.6 Å². The van der Waals surface area contributed by atoms with Crippen molar-refractivity contribution in [2.45, 2.75) is 24.8 Å². The molecule has 0 aliphatic carbocycles. The second-order valence-corrected chi connectivity index (χ2v) is 8.96. The van der Waals surface area contributed by atoms with Gasteiger partial charge in [-0.2, -0.15) is 0 Å². The van der Waals surface area contributed by atoms with Gasteiger partial charge in [0.2, 0.25) is 0 Å². The predicted octanol–water partition coefficient (Wildman–Crippen LogP) is 3.90. The van der Waals surface area contributed by atoms with Crippen LogP contribution in [0.15, 0.2) is 39.0 Å². The Labute approximate surface area is 137 Å². The summed E-state index contributed by atoms with van der Waals surface area (Å²) < 4.78 is 28.6. The van der Waals surface area contributed by atoms with E-state index in [9.17, 15) is 8.42 Å². The van der Waals surface area contributed by atoms with Crippen LogP contribution in [-0.2, 0) is 10.0 Å². The van der Waals surface area contributed by atoms with Crippen molar-refractivity contribution in [2.24, 2.45) is 0 Å². The summed E-state index contributed by atoms with van der Waals surface area (Å²) in [6, 6.07) is 9.09. The van der Waals surface area contributed by atoms with E-state index in [2.05, 4.69) is 26.0 Å². The summed E-state index contributed by atoms with van der Waals surface area (Å²) in [5, 5.41) is 3.12. The summed E-state index contributed by atoms with van der Waals surface area (Å²) in [6.07, 6.45) is 0. The molecule has 0 fully saturated rings. The maximum Gasteiger partial charge on any atom is 0.263 e. The largest absolute Gasteiger partial charge is 0.313 e. The molecular weight excluding hydrogens is 372 g/mol. The van der Waals surface area contributed by atoms with E-state index >= 15 is 0 Å². The standard InChI is InChI=1S/C14H17BrN2O2S2/c1-9(16-3)11-6-4-5-7-12(11)17-21(18,19)13-8-14(15)20-10(13)2/h4-9,16-17H,1-3H3. The van der Waals surface area contributed by atoms with Crippen molar-refractivity contribution >= 4 is 43.0 Å². The Balaban J connectivity index is 2.40. The minimum absolute atomic E-state index is 0.0548. The van der Waals surface area contributed by atoms with Crippen LogP contribution in [-0.4, -0.2) is 15.5 Å². The molecule has 0 spiro atoms. The van der Waals surface area contributed by atoms with Crippen LogP contribution < -0.4 is 10.0 Å². The second-order valence-electron chi connectivity index (χ2n) is 4.67. The number of hydrogen-bond acceptors (Lipinski definition) is 4. The van der Waals surface area contributed by atoms with Gasteiger partial charge in [0.05, 0.1) is 9.47 Å². The van der Waals surface area contributed by atoms with Gasteiger partial charge >= 0.3 is 0 Å². The number of thiophene rings is 1. The first-order chi connectivity index (χ1) is 9.85. The molecule has 0 amide bonds. The number of sulfonamides is 1. The molecule has 0 saturated carbocycles. The summed E-state index contributed by atoms with van der Waals surface area (Å²) in [5.74, 6) is 0. The van der Waals surface area contributed by atoms with Crippen LogP contribution in [0.1, 0.15) is 23.4 Å². The first-order valence-corrected chi connectivity index (χ1v) is 9.49. The fraction of sp³-hybridized carbons (Fsp3) is 0.286. The van der Waals surface area contributed by atoms with E-state index in [1.54, 1.807) is 19.1 Å². The molecule has 2 N–H and O–H groups in total. The number of aryl methyl sites for hydroxylation is 1. The summed E-state index contributed by atoms with van der Waals surface area (Å²) in [4.78, 5) is 1.07. The lowest BCUT2D eigenvalue weighted by atomic mass is 10.1. The van der Waals surface area contributed by atoms with Gasteiger partial charge in [-0.05, 0) is 54.5 Å². The lowest BCUT2D eigenvalue weighted by molar-refractivity contribution is 0.600. The lowest BCUT2D eigenvalue weighted by Crippen LogP contribution is -2.18. The van der Waals surface area contributed by atoms with Gasteiger partial charge in [0.1, 0.15) is 4.90 Å². The molecular formula is C14H17BrN2O2S2. The molecule has 114 valence electrons. The fourth-order valence-corrected chi connectivity index (χ4v) is 5.52. The molecule has 0 aliphatic rings. The molecule has 1 unspecified atom stereocenters. The average molecular weight is 389 g/mol. The quantitative estimate of drug-likeness (QED) is 0.816. The third-order valence-electron chi connectivity index (χ3n) is 3.24. The van der Waals surface area contributed by atoms with Gasteiger partial charge in [-0.1, -0.05) is 18.2 Å². The topological polar surface area (TPSA) is 58.2 Å². The van der Waals surface area contributed by atoms with E-state index in [-0.39, 0.29) is 6.04 Å². The number of nitrogens with one attached hydrogen (secondary N) is 2. The van der Waals surface area contributed by atoms with Crippen LogP contribution in [0, 0.1) is 6.92 Å². The Kier molecular flexibility index (Phi) is 5.08. The summed E-state index contributed by atoms with van der Waals surface area (Å²) in [6.45, 7) is 3.78. The van der Waals surface area contributed by atoms with E-state index in [0.717, 1.165) is 14.2 Å². The monoisotopic (exact) mass is 388 g/mol. The van der Waals surface area contributed by atoms with Crippen LogP contribution in [0.25, 0.3) is 0 Å². The molecule has 21 heavy (non-hydrogen) atoms. The van der Waals surface area contributed by atoms with Gasteiger partial charge in [0.25, 0.3) is 10.0 Å². The van der Waals surface area contributed by atoms with Crippen molar-refractivity contribution in [2.75, 3.05) is 11.8 Å². The first kappa shape index (κ1) is 16.5. The van der Waals surface area contributed by atoms with Gasteiger partial charge in [-0.15, -0.1) is 11.3 Å². The number of hydrogen-bond donors (Lipinski definition) is 2. The second kappa shape index (κ2) is 6.48. The van der Waals surface area contributed by atoms with Gasteiger partial charge in [-0.3, -0.25) is 4.72 Å².